The fourth-order valence-electron chi connectivity index (χ4n) is 2.22. The highest BCUT2D eigenvalue weighted by Crippen LogP contribution is 2.25. The summed E-state index contributed by atoms with van der Waals surface area (Å²) in [5.74, 6) is 0.183. The monoisotopic (exact) mass is 316 g/mol. The van der Waals surface area contributed by atoms with Crippen LogP contribution in [0.2, 0.25) is 0 Å². The van der Waals surface area contributed by atoms with E-state index in [-0.39, 0.29) is 11.9 Å². The number of nitrogens with one attached hydrogen (secondary N) is 2. The molecule has 1 aromatic carbocycles. The molecule has 2 aromatic rings. The molecule has 0 aliphatic carbocycles. The third-order valence-corrected chi connectivity index (χ3v) is 3.62. The normalized spacial score (nSPS) is 12.2. The number of hydrogen-bond acceptors (Lipinski definition) is 3. The van der Waals surface area contributed by atoms with Gasteiger partial charge >= 0.3 is 6.03 Å². The predicted molar refractivity (Wildman–Crippen MR) is 91.1 cm³/mol. The van der Waals surface area contributed by atoms with Gasteiger partial charge in [0.15, 0.2) is 0 Å². The number of rotatable bonds is 6. The number of aliphatic hydroxyl groups excluding tert-OH is 1. The van der Waals surface area contributed by atoms with Gasteiger partial charge in [-0.05, 0) is 12.3 Å². The Kier molecular flexibility index (Phi) is 5.76. The summed E-state index contributed by atoms with van der Waals surface area (Å²) in [5, 5.41) is 19.7. The Balaban J connectivity index is 1.97. The van der Waals surface area contributed by atoms with Gasteiger partial charge < -0.3 is 15.7 Å². The van der Waals surface area contributed by atoms with E-state index in [9.17, 15) is 9.90 Å². The number of nitrogens with zero attached hydrogens (tertiary/aromatic N) is 2. The Morgan fingerprint density at radius 1 is 1.30 bits per heavy atom. The van der Waals surface area contributed by atoms with Crippen LogP contribution in [0.3, 0.4) is 0 Å². The van der Waals surface area contributed by atoms with Crippen LogP contribution in [-0.2, 0) is 7.05 Å². The van der Waals surface area contributed by atoms with Crippen molar-refractivity contribution in [2.45, 2.75) is 26.4 Å². The Morgan fingerprint density at radius 3 is 2.65 bits per heavy atom. The van der Waals surface area contributed by atoms with E-state index in [1.807, 2.05) is 51.2 Å². The molecule has 124 valence electrons. The molecule has 6 nitrogen and oxygen atoms in total. The lowest BCUT2D eigenvalue weighted by Gasteiger charge is -2.14. The molecule has 1 unspecified atom stereocenters. The summed E-state index contributed by atoms with van der Waals surface area (Å²) in [4.78, 5) is 12.0. The summed E-state index contributed by atoms with van der Waals surface area (Å²) < 4.78 is 1.67. The van der Waals surface area contributed by atoms with E-state index in [1.165, 1.54) is 0 Å². The minimum atomic E-state index is -0.409. The molecule has 1 aromatic heterocycles. The average Bonchev–Trinajstić information content (AvgIpc) is 2.88. The number of aromatic nitrogens is 2. The first-order chi connectivity index (χ1) is 11.0. The Morgan fingerprint density at radius 2 is 2.00 bits per heavy atom. The number of anilines is 1. The molecule has 0 aliphatic heterocycles. The van der Waals surface area contributed by atoms with Crippen molar-refractivity contribution in [2.24, 2.45) is 13.0 Å². The standard InChI is InChI=1S/C17H24N4O2/c1-12(2)15(22)9-10-18-17(23)19-14-11-21(3)20-16(14)13-7-5-4-6-8-13/h4-8,11-12,15,22H,9-10H2,1-3H3,(H2,18,19,23). The number of carbonyl (C=O) groups excluding carboxylic acids is 1. The maximum Gasteiger partial charge on any atom is 0.319 e. The van der Waals surface area contributed by atoms with Crippen molar-refractivity contribution in [1.29, 1.82) is 0 Å². The van der Waals surface area contributed by atoms with Crippen LogP contribution in [0.4, 0.5) is 10.5 Å². The van der Waals surface area contributed by atoms with Crippen LogP contribution >= 0.6 is 0 Å². The first-order valence-electron chi connectivity index (χ1n) is 7.79. The first-order valence-corrected chi connectivity index (χ1v) is 7.79. The van der Waals surface area contributed by atoms with Gasteiger partial charge in [-0.2, -0.15) is 5.10 Å². The van der Waals surface area contributed by atoms with Gasteiger partial charge in [-0.15, -0.1) is 0 Å². The molecule has 0 aliphatic rings. The highest BCUT2D eigenvalue weighted by Gasteiger charge is 2.13. The molecule has 0 fully saturated rings. The summed E-state index contributed by atoms with van der Waals surface area (Å²) in [6.07, 6.45) is 1.89. The van der Waals surface area contributed by atoms with Crippen LogP contribution in [0.15, 0.2) is 36.5 Å². The van der Waals surface area contributed by atoms with Crippen LogP contribution in [0.1, 0.15) is 20.3 Å². The second kappa shape index (κ2) is 7.78. The lowest BCUT2D eigenvalue weighted by molar-refractivity contribution is 0.117. The molecule has 6 heteroatoms. The maximum atomic E-state index is 12.0. The topological polar surface area (TPSA) is 79.2 Å². The van der Waals surface area contributed by atoms with Gasteiger partial charge in [0.1, 0.15) is 5.69 Å². The van der Waals surface area contributed by atoms with Crippen molar-refractivity contribution < 1.29 is 9.90 Å². The van der Waals surface area contributed by atoms with Gasteiger partial charge in [0, 0.05) is 25.4 Å². The summed E-state index contributed by atoms with van der Waals surface area (Å²) in [5.41, 5.74) is 2.32. The fourth-order valence-corrected chi connectivity index (χ4v) is 2.22. The minimum Gasteiger partial charge on any atom is -0.393 e. The van der Waals surface area contributed by atoms with E-state index < -0.39 is 6.10 Å². The Bertz CT molecular complexity index is 637. The molecule has 0 bridgehead atoms. The van der Waals surface area contributed by atoms with Crippen molar-refractivity contribution in [2.75, 3.05) is 11.9 Å². The highest BCUT2D eigenvalue weighted by atomic mass is 16.3. The third kappa shape index (κ3) is 4.82. The van der Waals surface area contributed by atoms with Crippen LogP contribution in [0, 0.1) is 5.92 Å². The van der Waals surface area contributed by atoms with Crippen LogP contribution in [0.5, 0.6) is 0 Å². The molecule has 2 rings (SSSR count). The van der Waals surface area contributed by atoms with Gasteiger partial charge in [-0.25, -0.2) is 4.79 Å². The van der Waals surface area contributed by atoms with E-state index in [2.05, 4.69) is 15.7 Å². The minimum absolute atomic E-state index is 0.183. The van der Waals surface area contributed by atoms with Crippen LogP contribution < -0.4 is 10.6 Å². The second-order valence-corrected chi connectivity index (χ2v) is 5.91. The number of carbonyl (C=O) groups is 1. The highest BCUT2D eigenvalue weighted by molar-refractivity contribution is 5.93. The van der Waals surface area contributed by atoms with Crippen molar-refractivity contribution in [1.82, 2.24) is 15.1 Å². The predicted octanol–water partition coefficient (Wildman–Crippen LogP) is 2.62. The molecular weight excluding hydrogens is 292 g/mol. The zero-order valence-corrected chi connectivity index (χ0v) is 13.8. The zero-order valence-electron chi connectivity index (χ0n) is 13.8. The molecule has 2 amide bonds. The van der Waals surface area contributed by atoms with E-state index in [0.717, 1.165) is 11.3 Å². The second-order valence-electron chi connectivity index (χ2n) is 5.91. The van der Waals surface area contributed by atoms with E-state index in [4.69, 9.17) is 0 Å². The number of amides is 2. The lowest BCUT2D eigenvalue weighted by Crippen LogP contribution is -2.32. The Hall–Kier alpha value is -2.34. The SMILES string of the molecule is CC(C)C(O)CCNC(=O)Nc1cn(C)nc1-c1ccccc1. The summed E-state index contributed by atoms with van der Waals surface area (Å²) >= 11 is 0. The number of aryl methyl sites for hydroxylation is 1. The quantitative estimate of drug-likeness (QED) is 0.766. The maximum absolute atomic E-state index is 12.0. The van der Waals surface area contributed by atoms with E-state index in [1.54, 1.807) is 10.9 Å². The number of hydrogen-bond donors (Lipinski definition) is 3. The van der Waals surface area contributed by atoms with E-state index in [0.29, 0.717) is 18.7 Å². The number of benzene rings is 1. The molecular formula is C17H24N4O2. The van der Waals surface area contributed by atoms with Crippen molar-refractivity contribution in [3.8, 4) is 11.3 Å². The van der Waals surface area contributed by atoms with Gasteiger partial charge in [0.25, 0.3) is 0 Å². The summed E-state index contributed by atoms with van der Waals surface area (Å²) in [6, 6.07) is 9.40. The van der Waals surface area contributed by atoms with Crippen molar-refractivity contribution in [3.63, 3.8) is 0 Å². The molecule has 23 heavy (non-hydrogen) atoms. The number of urea groups is 1. The molecule has 0 radical (unpaired) electrons. The molecule has 1 atom stereocenters. The van der Waals surface area contributed by atoms with Crippen LogP contribution in [-0.4, -0.2) is 33.6 Å². The van der Waals surface area contributed by atoms with Crippen molar-refractivity contribution >= 4 is 11.7 Å². The number of aliphatic hydroxyl groups is 1. The van der Waals surface area contributed by atoms with Crippen molar-refractivity contribution in [3.05, 3.63) is 36.5 Å². The van der Waals surface area contributed by atoms with Gasteiger partial charge in [-0.1, -0.05) is 44.2 Å². The van der Waals surface area contributed by atoms with Gasteiger partial charge in [0.05, 0.1) is 11.8 Å². The molecule has 0 saturated heterocycles. The Labute approximate surface area is 136 Å². The average molecular weight is 316 g/mol. The van der Waals surface area contributed by atoms with Gasteiger partial charge in [-0.3, -0.25) is 4.68 Å². The van der Waals surface area contributed by atoms with Crippen LogP contribution in [0.25, 0.3) is 11.3 Å². The summed E-state index contributed by atoms with van der Waals surface area (Å²) in [6.45, 7) is 4.32. The van der Waals surface area contributed by atoms with Gasteiger partial charge in [0.2, 0.25) is 0 Å². The molecule has 0 spiro atoms. The third-order valence-electron chi connectivity index (χ3n) is 3.62. The summed E-state index contributed by atoms with van der Waals surface area (Å²) in [7, 11) is 1.81. The van der Waals surface area contributed by atoms with E-state index >= 15 is 0 Å². The zero-order chi connectivity index (χ0) is 16.8. The molecule has 3 N–H and O–H groups in total. The smallest absolute Gasteiger partial charge is 0.319 e. The first kappa shape index (κ1) is 17.0. The lowest BCUT2D eigenvalue weighted by atomic mass is 10.0. The molecule has 0 saturated carbocycles. The fraction of sp³-hybridized carbons (Fsp3) is 0.412. The molecule has 1 heterocycles. The largest absolute Gasteiger partial charge is 0.393 e.